The van der Waals surface area contributed by atoms with Gasteiger partial charge in [0.15, 0.2) is 5.82 Å². The molecule has 0 bridgehead atoms. The summed E-state index contributed by atoms with van der Waals surface area (Å²) in [5.74, 6) is 0.704. The standard InChI is InChI=1S/C45H29N3/c1-2-11-34-25-36(24-21-30(34)9-1)31-19-22-33(23-20-31)43-28-44(48-45(47-43)41-17-8-13-32-10-3-5-16-40(32)41)38-15-7-14-35(26-38)39-27-37-12-4-6-18-42(37)46-29-39/h1-29H. The number of benzene rings is 7. The van der Waals surface area contributed by atoms with Gasteiger partial charge >= 0.3 is 0 Å². The molecule has 224 valence electrons. The zero-order valence-electron chi connectivity index (χ0n) is 26.1. The maximum Gasteiger partial charge on any atom is 0.161 e. The molecule has 0 spiro atoms. The molecule has 3 heteroatoms. The van der Waals surface area contributed by atoms with Gasteiger partial charge in [-0.05, 0) is 68.6 Å². The first-order valence-corrected chi connectivity index (χ1v) is 16.2. The number of para-hydroxylation sites is 1. The molecule has 0 aliphatic heterocycles. The Balaban J connectivity index is 1.16. The third-order valence-corrected chi connectivity index (χ3v) is 9.10. The van der Waals surface area contributed by atoms with Gasteiger partial charge in [-0.1, -0.05) is 140 Å². The third-order valence-electron chi connectivity index (χ3n) is 9.10. The lowest BCUT2D eigenvalue weighted by Crippen LogP contribution is -1.97. The highest BCUT2D eigenvalue weighted by Crippen LogP contribution is 2.34. The third kappa shape index (κ3) is 5.18. The van der Waals surface area contributed by atoms with Gasteiger partial charge in [-0.25, -0.2) is 9.97 Å². The SMILES string of the molecule is c1cc(-c2cnc3ccccc3c2)cc(-c2cc(-c3ccc(-c4ccc5ccccc5c4)cc3)nc(-c3cccc4ccccc34)n2)c1. The molecule has 0 aliphatic rings. The lowest BCUT2D eigenvalue weighted by atomic mass is 9.98. The summed E-state index contributed by atoms with van der Waals surface area (Å²) in [5, 5.41) is 5.89. The lowest BCUT2D eigenvalue weighted by Gasteiger charge is -2.12. The Hall–Kier alpha value is -6.45. The second-order valence-corrected chi connectivity index (χ2v) is 12.1. The Morgan fingerprint density at radius 2 is 0.938 bits per heavy atom. The molecule has 7 aromatic carbocycles. The van der Waals surface area contributed by atoms with E-state index in [0.717, 1.165) is 60.9 Å². The Morgan fingerprint density at radius 1 is 0.333 bits per heavy atom. The first kappa shape index (κ1) is 27.8. The minimum atomic E-state index is 0.704. The van der Waals surface area contributed by atoms with Crippen molar-refractivity contribution in [2.24, 2.45) is 0 Å². The number of hydrogen-bond donors (Lipinski definition) is 0. The largest absolute Gasteiger partial charge is 0.256 e. The van der Waals surface area contributed by atoms with E-state index in [0.29, 0.717) is 5.82 Å². The fourth-order valence-electron chi connectivity index (χ4n) is 6.57. The van der Waals surface area contributed by atoms with Crippen molar-refractivity contribution in [2.45, 2.75) is 0 Å². The number of hydrogen-bond acceptors (Lipinski definition) is 3. The summed E-state index contributed by atoms with van der Waals surface area (Å²) in [7, 11) is 0. The van der Waals surface area contributed by atoms with Crippen LogP contribution in [0.5, 0.6) is 0 Å². The average Bonchev–Trinajstić information content (AvgIpc) is 3.17. The van der Waals surface area contributed by atoms with Gasteiger partial charge in [0.1, 0.15) is 0 Å². The van der Waals surface area contributed by atoms with Crippen LogP contribution < -0.4 is 0 Å². The van der Waals surface area contributed by atoms with E-state index in [1.165, 1.54) is 21.9 Å². The van der Waals surface area contributed by atoms with Gasteiger partial charge in [0.05, 0.1) is 16.9 Å². The summed E-state index contributed by atoms with van der Waals surface area (Å²) in [6.45, 7) is 0. The number of nitrogens with zero attached hydrogens (tertiary/aromatic N) is 3. The predicted molar refractivity (Wildman–Crippen MR) is 200 cm³/mol. The predicted octanol–water partition coefficient (Wildman–Crippen LogP) is 11.7. The summed E-state index contributed by atoms with van der Waals surface area (Å²) in [4.78, 5) is 15.1. The van der Waals surface area contributed by atoms with Crippen molar-refractivity contribution in [3.8, 4) is 56.2 Å². The molecule has 0 fully saturated rings. The molecule has 3 nitrogen and oxygen atoms in total. The van der Waals surface area contributed by atoms with E-state index >= 15 is 0 Å². The van der Waals surface area contributed by atoms with E-state index in [2.05, 4.69) is 158 Å². The Labute approximate surface area is 278 Å². The zero-order valence-corrected chi connectivity index (χ0v) is 26.1. The van der Waals surface area contributed by atoms with Gasteiger partial charge in [0.2, 0.25) is 0 Å². The normalized spacial score (nSPS) is 11.3. The fourth-order valence-corrected chi connectivity index (χ4v) is 6.57. The van der Waals surface area contributed by atoms with Crippen LogP contribution >= 0.6 is 0 Å². The molecule has 0 unspecified atom stereocenters. The summed E-state index contributed by atoms with van der Waals surface area (Å²) < 4.78 is 0. The highest BCUT2D eigenvalue weighted by molar-refractivity contribution is 5.96. The average molecular weight is 612 g/mol. The molecule has 48 heavy (non-hydrogen) atoms. The van der Waals surface area contributed by atoms with Gasteiger partial charge in [0.25, 0.3) is 0 Å². The van der Waals surface area contributed by atoms with Crippen LogP contribution in [0.4, 0.5) is 0 Å². The van der Waals surface area contributed by atoms with E-state index < -0.39 is 0 Å². The maximum atomic E-state index is 5.20. The highest BCUT2D eigenvalue weighted by atomic mass is 14.9. The molecule has 0 aliphatic carbocycles. The number of aromatic nitrogens is 3. The van der Waals surface area contributed by atoms with Gasteiger partial charge in [-0.3, -0.25) is 4.98 Å². The zero-order chi connectivity index (χ0) is 31.9. The molecule has 2 aromatic heterocycles. The van der Waals surface area contributed by atoms with Crippen molar-refractivity contribution in [3.63, 3.8) is 0 Å². The van der Waals surface area contributed by atoms with Crippen molar-refractivity contribution in [1.82, 2.24) is 15.0 Å². The molecule has 9 rings (SSSR count). The van der Waals surface area contributed by atoms with E-state index in [4.69, 9.17) is 15.0 Å². The van der Waals surface area contributed by atoms with Crippen LogP contribution in [0.1, 0.15) is 0 Å². The fraction of sp³-hybridized carbons (Fsp3) is 0. The van der Waals surface area contributed by atoms with Crippen molar-refractivity contribution < 1.29 is 0 Å². The van der Waals surface area contributed by atoms with Crippen LogP contribution in [0.3, 0.4) is 0 Å². The number of fused-ring (bicyclic) bond motifs is 3. The summed E-state index contributed by atoms with van der Waals surface area (Å²) in [6, 6.07) is 59.7. The van der Waals surface area contributed by atoms with Gasteiger partial charge in [0, 0.05) is 33.8 Å². The van der Waals surface area contributed by atoms with Crippen LogP contribution in [0.15, 0.2) is 176 Å². The summed E-state index contributed by atoms with van der Waals surface area (Å²) in [5.41, 5.74) is 10.4. The highest BCUT2D eigenvalue weighted by Gasteiger charge is 2.14. The molecule has 9 aromatic rings. The molecule has 0 saturated carbocycles. The minimum absolute atomic E-state index is 0.704. The van der Waals surface area contributed by atoms with Gasteiger partial charge < -0.3 is 0 Å². The van der Waals surface area contributed by atoms with Crippen LogP contribution in [0.2, 0.25) is 0 Å². The number of pyridine rings is 1. The van der Waals surface area contributed by atoms with Gasteiger partial charge in [-0.2, -0.15) is 0 Å². The second kappa shape index (κ2) is 11.7. The summed E-state index contributed by atoms with van der Waals surface area (Å²) in [6.07, 6.45) is 1.95. The van der Waals surface area contributed by atoms with E-state index in [-0.39, 0.29) is 0 Å². The van der Waals surface area contributed by atoms with Crippen molar-refractivity contribution in [3.05, 3.63) is 176 Å². The molecular weight excluding hydrogens is 583 g/mol. The van der Waals surface area contributed by atoms with Crippen LogP contribution in [-0.2, 0) is 0 Å². The second-order valence-electron chi connectivity index (χ2n) is 12.1. The van der Waals surface area contributed by atoms with Gasteiger partial charge in [-0.15, -0.1) is 0 Å². The Morgan fingerprint density at radius 3 is 1.81 bits per heavy atom. The van der Waals surface area contributed by atoms with Crippen LogP contribution in [0.25, 0.3) is 88.6 Å². The maximum absolute atomic E-state index is 5.20. The smallest absolute Gasteiger partial charge is 0.161 e. The van der Waals surface area contributed by atoms with E-state index in [9.17, 15) is 0 Å². The lowest BCUT2D eigenvalue weighted by molar-refractivity contribution is 1.19. The quantitative estimate of drug-likeness (QED) is 0.194. The monoisotopic (exact) mass is 611 g/mol. The molecule has 0 N–H and O–H groups in total. The van der Waals surface area contributed by atoms with E-state index in [1.54, 1.807) is 0 Å². The molecule has 0 saturated heterocycles. The molecular formula is C45H29N3. The topological polar surface area (TPSA) is 38.7 Å². The minimum Gasteiger partial charge on any atom is -0.256 e. The molecule has 0 radical (unpaired) electrons. The molecule has 0 amide bonds. The Bertz CT molecular complexity index is 2620. The molecule has 2 heterocycles. The van der Waals surface area contributed by atoms with Crippen molar-refractivity contribution >= 4 is 32.4 Å². The first-order valence-electron chi connectivity index (χ1n) is 16.2. The van der Waals surface area contributed by atoms with Crippen LogP contribution in [-0.4, -0.2) is 15.0 Å². The van der Waals surface area contributed by atoms with Crippen molar-refractivity contribution in [2.75, 3.05) is 0 Å². The molecule has 0 atom stereocenters. The Kier molecular flexibility index (Phi) is 6.80. The number of rotatable bonds is 5. The van der Waals surface area contributed by atoms with E-state index in [1.807, 2.05) is 18.3 Å². The summed E-state index contributed by atoms with van der Waals surface area (Å²) >= 11 is 0. The van der Waals surface area contributed by atoms with Crippen molar-refractivity contribution in [1.29, 1.82) is 0 Å². The van der Waals surface area contributed by atoms with Crippen LogP contribution in [0, 0.1) is 0 Å². The first-order chi connectivity index (χ1) is 23.7.